The summed E-state index contributed by atoms with van der Waals surface area (Å²) in [6.07, 6.45) is 0. The van der Waals surface area contributed by atoms with E-state index in [2.05, 4.69) is 9.72 Å². The molecule has 0 saturated carbocycles. The first-order valence-electron chi connectivity index (χ1n) is 4.15. The molecule has 6 heteroatoms. The largest absolute Gasteiger partial charge is 0.438 e. The lowest BCUT2D eigenvalue weighted by Gasteiger charge is -2.02. The summed E-state index contributed by atoms with van der Waals surface area (Å²) in [5.41, 5.74) is 0.485. The molecule has 0 spiro atoms. The van der Waals surface area contributed by atoms with Crippen molar-refractivity contribution in [3.8, 4) is 5.75 Å². The number of aliphatic hydroxyl groups excluding tert-OH is 1. The average Bonchev–Trinajstić information content (AvgIpc) is 2.61. The van der Waals surface area contributed by atoms with Gasteiger partial charge in [0.1, 0.15) is 6.61 Å². The molecule has 0 fully saturated rings. The summed E-state index contributed by atoms with van der Waals surface area (Å²) < 4.78 is 33.3. The third-order valence-electron chi connectivity index (χ3n) is 1.78. The second-order valence-corrected chi connectivity index (χ2v) is 2.75. The van der Waals surface area contributed by atoms with Crippen LogP contribution < -0.4 is 4.74 Å². The molecule has 0 amide bonds. The van der Waals surface area contributed by atoms with Gasteiger partial charge in [-0.25, -0.2) is 4.98 Å². The molecule has 1 heterocycles. The molecule has 0 radical (unpaired) electrons. The SMILES string of the molecule is OCc1nc2c(OC(F)F)cccc2o1. The van der Waals surface area contributed by atoms with Crippen molar-refractivity contribution in [1.82, 2.24) is 4.98 Å². The van der Waals surface area contributed by atoms with Crippen molar-refractivity contribution in [2.45, 2.75) is 13.2 Å². The van der Waals surface area contributed by atoms with Crippen LogP contribution >= 0.6 is 0 Å². The molecule has 2 aromatic rings. The van der Waals surface area contributed by atoms with Crippen LogP contribution in [0.15, 0.2) is 22.6 Å². The fourth-order valence-corrected chi connectivity index (χ4v) is 1.23. The van der Waals surface area contributed by atoms with Gasteiger partial charge in [0.05, 0.1) is 0 Å². The Balaban J connectivity index is 2.49. The van der Waals surface area contributed by atoms with E-state index in [1.807, 2.05) is 0 Å². The Kier molecular flexibility index (Phi) is 2.51. The van der Waals surface area contributed by atoms with E-state index in [-0.39, 0.29) is 23.8 Å². The molecule has 2 rings (SSSR count). The quantitative estimate of drug-likeness (QED) is 0.849. The fraction of sp³-hybridized carbons (Fsp3) is 0.222. The van der Waals surface area contributed by atoms with E-state index in [1.54, 1.807) is 6.07 Å². The zero-order valence-corrected chi connectivity index (χ0v) is 7.48. The predicted molar refractivity (Wildman–Crippen MR) is 46.6 cm³/mol. The van der Waals surface area contributed by atoms with Gasteiger partial charge >= 0.3 is 6.61 Å². The molecular formula is C9H7F2NO3. The van der Waals surface area contributed by atoms with Crippen molar-refractivity contribution in [1.29, 1.82) is 0 Å². The number of hydrogen-bond donors (Lipinski definition) is 1. The molecule has 0 saturated heterocycles. The lowest BCUT2D eigenvalue weighted by atomic mass is 10.3. The molecular weight excluding hydrogens is 208 g/mol. The van der Waals surface area contributed by atoms with Crippen LogP contribution in [-0.4, -0.2) is 16.7 Å². The Labute approximate surface area is 83.1 Å². The van der Waals surface area contributed by atoms with Crippen LogP contribution in [0.2, 0.25) is 0 Å². The molecule has 1 aromatic heterocycles. The van der Waals surface area contributed by atoms with Crippen LogP contribution in [-0.2, 0) is 6.61 Å². The van der Waals surface area contributed by atoms with Gasteiger partial charge in [-0.3, -0.25) is 0 Å². The van der Waals surface area contributed by atoms with Gasteiger partial charge in [0.15, 0.2) is 16.8 Å². The van der Waals surface area contributed by atoms with Crippen LogP contribution in [0.5, 0.6) is 5.75 Å². The van der Waals surface area contributed by atoms with Crippen LogP contribution in [0, 0.1) is 0 Å². The van der Waals surface area contributed by atoms with E-state index in [9.17, 15) is 8.78 Å². The number of ether oxygens (including phenoxy) is 1. The molecule has 0 atom stereocenters. The van der Waals surface area contributed by atoms with Crippen molar-refractivity contribution in [2.24, 2.45) is 0 Å². The molecule has 0 aliphatic rings. The zero-order chi connectivity index (χ0) is 10.8. The molecule has 0 bridgehead atoms. The van der Waals surface area contributed by atoms with Crippen LogP contribution in [0.4, 0.5) is 8.78 Å². The van der Waals surface area contributed by atoms with Gasteiger partial charge < -0.3 is 14.3 Å². The summed E-state index contributed by atoms with van der Waals surface area (Å²) in [7, 11) is 0. The third-order valence-corrected chi connectivity index (χ3v) is 1.78. The van der Waals surface area contributed by atoms with Crippen molar-refractivity contribution < 1.29 is 23.0 Å². The van der Waals surface area contributed by atoms with Gasteiger partial charge in [0.25, 0.3) is 0 Å². The Morgan fingerprint density at radius 1 is 1.47 bits per heavy atom. The number of oxazole rings is 1. The maximum atomic E-state index is 12.0. The molecule has 1 aromatic carbocycles. The van der Waals surface area contributed by atoms with Crippen molar-refractivity contribution >= 4 is 11.1 Å². The minimum Gasteiger partial charge on any atom is -0.438 e. The number of aromatic nitrogens is 1. The second kappa shape index (κ2) is 3.82. The minimum atomic E-state index is -2.91. The summed E-state index contributed by atoms with van der Waals surface area (Å²) in [5.74, 6) is 0.00117. The van der Waals surface area contributed by atoms with E-state index < -0.39 is 6.61 Å². The maximum absolute atomic E-state index is 12.0. The van der Waals surface area contributed by atoms with Crippen LogP contribution in [0.25, 0.3) is 11.1 Å². The van der Waals surface area contributed by atoms with Crippen molar-refractivity contribution in [2.75, 3.05) is 0 Å². The topological polar surface area (TPSA) is 55.5 Å². The highest BCUT2D eigenvalue weighted by molar-refractivity contribution is 5.79. The second-order valence-electron chi connectivity index (χ2n) is 2.75. The number of halogens is 2. The Hall–Kier alpha value is -1.69. The number of rotatable bonds is 3. The molecule has 1 N–H and O–H groups in total. The van der Waals surface area contributed by atoms with E-state index in [4.69, 9.17) is 9.52 Å². The first kappa shape index (κ1) is 9.85. The molecule has 15 heavy (non-hydrogen) atoms. The highest BCUT2D eigenvalue weighted by atomic mass is 19.3. The minimum absolute atomic E-state index is 0.0639. The Morgan fingerprint density at radius 3 is 2.93 bits per heavy atom. The van der Waals surface area contributed by atoms with Gasteiger partial charge in [-0.05, 0) is 12.1 Å². The molecule has 0 aliphatic heterocycles. The number of para-hydroxylation sites is 1. The zero-order valence-electron chi connectivity index (χ0n) is 7.48. The number of hydrogen-bond acceptors (Lipinski definition) is 4. The first-order chi connectivity index (χ1) is 7.20. The van der Waals surface area contributed by atoms with Crippen molar-refractivity contribution in [3.63, 3.8) is 0 Å². The van der Waals surface area contributed by atoms with Crippen molar-refractivity contribution in [3.05, 3.63) is 24.1 Å². The average molecular weight is 215 g/mol. The molecule has 80 valence electrons. The predicted octanol–water partition coefficient (Wildman–Crippen LogP) is 1.92. The lowest BCUT2D eigenvalue weighted by Crippen LogP contribution is -2.02. The standard InChI is InChI=1S/C9H7F2NO3/c10-9(11)15-6-3-1-2-5-8(6)12-7(4-13)14-5/h1-3,9,13H,4H2. The number of fused-ring (bicyclic) bond motifs is 1. The smallest absolute Gasteiger partial charge is 0.387 e. The molecule has 4 nitrogen and oxygen atoms in total. The number of aliphatic hydroxyl groups is 1. The lowest BCUT2D eigenvalue weighted by molar-refractivity contribution is -0.0489. The van der Waals surface area contributed by atoms with E-state index >= 15 is 0 Å². The molecule has 0 unspecified atom stereocenters. The number of nitrogens with zero attached hydrogens (tertiary/aromatic N) is 1. The monoisotopic (exact) mass is 215 g/mol. The fourth-order valence-electron chi connectivity index (χ4n) is 1.23. The van der Waals surface area contributed by atoms with E-state index in [1.165, 1.54) is 12.1 Å². The van der Waals surface area contributed by atoms with Crippen LogP contribution in [0.3, 0.4) is 0 Å². The third kappa shape index (κ3) is 1.89. The van der Waals surface area contributed by atoms with Gasteiger partial charge in [-0.1, -0.05) is 6.07 Å². The Morgan fingerprint density at radius 2 is 2.27 bits per heavy atom. The van der Waals surface area contributed by atoms with Gasteiger partial charge in [0.2, 0.25) is 5.89 Å². The summed E-state index contributed by atoms with van der Waals surface area (Å²) in [5, 5.41) is 8.77. The first-order valence-corrected chi connectivity index (χ1v) is 4.15. The van der Waals surface area contributed by atoms with Gasteiger partial charge in [0, 0.05) is 0 Å². The normalized spacial score (nSPS) is 11.2. The molecule has 0 aliphatic carbocycles. The number of alkyl halides is 2. The van der Waals surface area contributed by atoms with Crippen LogP contribution in [0.1, 0.15) is 5.89 Å². The van der Waals surface area contributed by atoms with Gasteiger partial charge in [-0.15, -0.1) is 0 Å². The van der Waals surface area contributed by atoms with Gasteiger partial charge in [-0.2, -0.15) is 8.78 Å². The maximum Gasteiger partial charge on any atom is 0.387 e. The summed E-state index contributed by atoms with van der Waals surface area (Å²) in [4.78, 5) is 3.81. The van der Waals surface area contributed by atoms with E-state index in [0.717, 1.165) is 0 Å². The highest BCUT2D eigenvalue weighted by Gasteiger charge is 2.13. The Bertz CT molecular complexity index is 469. The number of benzene rings is 1. The van der Waals surface area contributed by atoms with E-state index in [0.29, 0.717) is 5.58 Å². The summed E-state index contributed by atoms with van der Waals surface area (Å²) >= 11 is 0. The summed E-state index contributed by atoms with van der Waals surface area (Å²) in [6, 6.07) is 4.42. The summed E-state index contributed by atoms with van der Waals surface area (Å²) in [6.45, 7) is -3.30. The highest BCUT2D eigenvalue weighted by Crippen LogP contribution is 2.26.